The topological polar surface area (TPSA) is 126 Å². The summed E-state index contributed by atoms with van der Waals surface area (Å²) in [5.41, 5.74) is 4.80. The first-order valence-electron chi connectivity index (χ1n) is 17.7. The lowest BCUT2D eigenvalue weighted by atomic mass is 9.80. The highest BCUT2D eigenvalue weighted by atomic mass is 32.1. The second-order valence-electron chi connectivity index (χ2n) is 14.2. The van der Waals surface area contributed by atoms with Crippen LogP contribution in [-0.2, 0) is 49.7 Å². The molecule has 1 N–H and O–H groups in total. The van der Waals surface area contributed by atoms with Gasteiger partial charge in [-0.3, -0.25) is 0 Å². The Kier molecular flexibility index (Phi) is 9.95. The Morgan fingerprint density at radius 1 is 1.06 bits per heavy atom. The first-order chi connectivity index (χ1) is 25.1. The molecule has 0 saturated carbocycles. The summed E-state index contributed by atoms with van der Waals surface area (Å²) >= 11 is 1.39. The van der Waals surface area contributed by atoms with Crippen molar-refractivity contribution in [3.63, 3.8) is 0 Å². The van der Waals surface area contributed by atoms with Gasteiger partial charge in [0, 0.05) is 25.6 Å². The van der Waals surface area contributed by atoms with Crippen LogP contribution in [-0.4, -0.2) is 59.6 Å². The summed E-state index contributed by atoms with van der Waals surface area (Å²) in [6.07, 6.45) is 3.14. The van der Waals surface area contributed by atoms with Crippen molar-refractivity contribution in [1.29, 1.82) is 0 Å². The molecule has 7 rings (SSSR count). The molecule has 3 aliphatic rings. The highest BCUT2D eigenvalue weighted by Gasteiger charge is 2.52. The number of benzene rings is 2. The average Bonchev–Trinajstić information content (AvgIpc) is 3.81. The number of aliphatic hydroxyl groups excluding tert-OH is 1. The van der Waals surface area contributed by atoms with Crippen LogP contribution in [0.25, 0.3) is 11.8 Å². The number of rotatable bonds is 12. The molecule has 2 aromatic heterocycles. The Morgan fingerprint density at radius 3 is 2.65 bits per heavy atom. The highest BCUT2D eigenvalue weighted by molar-refractivity contribution is 7.11. The monoisotopic (exact) mass is 738 g/mol. The summed E-state index contributed by atoms with van der Waals surface area (Å²) in [5.74, 6) is -0.968. The predicted octanol–water partition coefficient (Wildman–Crippen LogP) is 6.21. The summed E-state index contributed by atoms with van der Waals surface area (Å²) in [4.78, 5) is 44.1. The van der Waals surface area contributed by atoms with Gasteiger partial charge in [0.2, 0.25) is 5.60 Å². The molecular weight excluding hydrogens is 697 g/mol. The van der Waals surface area contributed by atoms with Gasteiger partial charge in [0.1, 0.15) is 34.7 Å². The van der Waals surface area contributed by atoms with Crippen LogP contribution in [0.5, 0.6) is 0 Å². The summed E-state index contributed by atoms with van der Waals surface area (Å²) < 4.78 is 24.3. The van der Waals surface area contributed by atoms with Crippen LogP contribution in [0.2, 0.25) is 25.2 Å². The number of carbonyl (C=O) groups excluding carboxylic acids is 3. The van der Waals surface area contributed by atoms with Gasteiger partial charge in [-0.05, 0) is 59.0 Å². The van der Waals surface area contributed by atoms with Crippen molar-refractivity contribution >= 4 is 49.3 Å². The van der Waals surface area contributed by atoms with E-state index in [0.29, 0.717) is 45.7 Å². The predicted molar refractivity (Wildman–Crippen MR) is 199 cm³/mol. The van der Waals surface area contributed by atoms with Gasteiger partial charge in [-0.25, -0.2) is 19.4 Å². The average molecular weight is 739 g/mol. The third-order valence-corrected chi connectivity index (χ3v) is 14.5. The third kappa shape index (κ3) is 6.96. The van der Waals surface area contributed by atoms with E-state index < -0.39 is 25.8 Å². The highest BCUT2D eigenvalue weighted by Crippen LogP contribution is 2.39. The van der Waals surface area contributed by atoms with E-state index in [1.54, 1.807) is 13.0 Å². The van der Waals surface area contributed by atoms with E-state index in [1.165, 1.54) is 22.5 Å². The Bertz CT molecular complexity index is 2170. The molecule has 0 fully saturated rings. The second kappa shape index (κ2) is 14.6. The zero-order valence-corrected chi connectivity index (χ0v) is 31.4. The van der Waals surface area contributed by atoms with E-state index in [0.717, 1.165) is 36.1 Å². The van der Waals surface area contributed by atoms with Gasteiger partial charge >= 0.3 is 18.1 Å². The van der Waals surface area contributed by atoms with Crippen LogP contribution < -0.4 is 10.8 Å². The van der Waals surface area contributed by atoms with E-state index in [1.807, 2.05) is 52.4 Å². The van der Waals surface area contributed by atoms with Crippen molar-refractivity contribution in [1.82, 2.24) is 9.55 Å². The Labute approximate surface area is 307 Å². The first-order valence-corrected chi connectivity index (χ1v) is 22.0. The standard InChI is InChI=1S/C40H42N2O8SSi/c1-4-40(50-39(46)49-24-26-11-6-5-7-12-26)31-22-32-35(36(43)30(31)25-48-38(40)45)42-23-29-27(13-8-14-28(29)21-34(42)41-32)16-20-52(2,3)19-10-17-47-37(44)33-15-9-18-51-33/h5-9,11-15,18,21,43H,4,10,16-17,19-20,22-25H2,1-3H3. The molecule has 1 aliphatic carbocycles. The molecular formula is C40H42N2O8SSi. The van der Waals surface area contributed by atoms with Crippen LogP contribution in [0, 0.1) is 0 Å². The third-order valence-electron chi connectivity index (χ3n) is 10.3. The summed E-state index contributed by atoms with van der Waals surface area (Å²) in [5, 5.41) is 14.3. The Balaban J connectivity index is 1.08. The van der Waals surface area contributed by atoms with Crippen LogP contribution in [0.15, 0.2) is 77.2 Å². The Hall–Kier alpha value is -4.94. The van der Waals surface area contributed by atoms with E-state index in [-0.39, 0.29) is 37.8 Å². The number of hydrogen-bond acceptors (Lipinski definition) is 10. The molecule has 2 aromatic carbocycles. The maximum Gasteiger partial charge on any atom is 0.510 e. The summed E-state index contributed by atoms with van der Waals surface area (Å²) in [7, 11) is -1.59. The number of aryl methyl sites for hydroxylation is 1. The van der Waals surface area contributed by atoms with E-state index in [9.17, 15) is 19.5 Å². The lowest BCUT2D eigenvalue weighted by Crippen LogP contribution is -2.52. The molecule has 4 aromatic rings. The van der Waals surface area contributed by atoms with E-state index in [4.69, 9.17) is 23.9 Å². The summed E-state index contributed by atoms with van der Waals surface area (Å²) in [6, 6.07) is 21.3. The van der Waals surface area contributed by atoms with Crippen molar-refractivity contribution in [3.05, 3.63) is 121 Å². The largest absolute Gasteiger partial charge is 0.510 e. The molecule has 1 atom stereocenters. The van der Waals surface area contributed by atoms with Gasteiger partial charge in [-0.2, -0.15) is 0 Å². The zero-order valence-electron chi connectivity index (χ0n) is 29.6. The molecule has 52 heavy (non-hydrogen) atoms. The molecule has 0 amide bonds. The lowest BCUT2D eigenvalue weighted by Gasteiger charge is -2.38. The summed E-state index contributed by atoms with van der Waals surface area (Å²) in [6.45, 7) is 7.33. The number of thiophene rings is 1. The smallest absolute Gasteiger partial charge is 0.505 e. The molecule has 1 unspecified atom stereocenters. The minimum atomic E-state index is -1.75. The van der Waals surface area contributed by atoms with Crippen LogP contribution in [0.4, 0.5) is 4.79 Å². The number of aliphatic hydroxyl groups is 1. The molecule has 2 aliphatic heterocycles. The molecule has 10 nitrogen and oxygen atoms in total. The molecule has 0 spiro atoms. The number of nitrogens with zero attached hydrogens (tertiary/aromatic N) is 2. The molecule has 0 saturated heterocycles. The molecule has 270 valence electrons. The minimum absolute atomic E-state index is 0.0127. The second-order valence-corrected chi connectivity index (χ2v) is 20.5. The van der Waals surface area contributed by atoms with Gasteiger partial charge < -0.3 is 28.6 Å². The number of carbonyl (C=O) groups is 3. The number of imidazole rings is 1. The van der Waals surface area contributed by atoms with Crippen molar-refractivity contribution in [3.8, 4) is 0 Å². The number of aromatic nitrogens is 2. The maximum absolute atomic E-state index is 13.4. The normalized spacial score (nSPS) is 17.6. The first kappa shape index (κ1) is 35.5. The minimum Gasteiger partial charge on any atom is -0.505 e. The SMILES string of the molecule is CCC1(OC(=O)OCc2ccccc2)C(=O)OCC2=C1Cc1nc3n(c1=C2O)Cc1c(cccc1CC[Si](C)(C)CCCOC(=O)c1cccs1)C=3. The van der Waals surface area contributed by atoms with Crippen molar-refractivity contribution in [2.24, 2.45) is 0 Å². The van der Waals surface area contributed by atoms with Gasteiger partial charge in [0.05, 0.1) is 18.8 Å². The Morgan fingerprint density at radius 2 is 1.88 bits per heavy atom. The number of esters is 2. The number of hydrogen-bond donors (Lipinski definition) is 1. The fraction of sp³-hybridized carbons (Fsp3) is 0.350. The number of ether oxygens (including phenoxy) is 4. The molecule has 4 heterocycles. The van der Waals surface area contributed by atoms with E-state index >= 15 is 0 Å². The van der Waals surface area contributed by atoms with Gasteiger partial charge in [0.25, 0.3) is 0 Å². The van der Waals surface area contributed by atoms with Gasteiger partial charge in [-0.1, -0.05) is 86.7 Å². The molecule has 12 heteroatoms. The van der Waals surface area contributed by atoms with Crippen LogP contribution in [0.1, 0.15) is 57.4 Å². The van der Waals surface area contributed by atoms with E-state index in [2.05, 4.69) is 31.3 Å². The van der Waals surface area contributed by atoms with Crippen molar-refractivity contribution in [2.45, 2.75) is 76.5 Å². The van der Waals surface area contributed by atoms with Crippen LogP contribution in [0.3, 0.4) is 0 Å². The van der Waals surface area contributed by atoms with Crippen molar-refractivity contribution in [2.75, 3.05) is 13.2 Å². The van der Waals surface area contributed by atoms with Crippen LogP contribution >= 0.6 is 11.3 Å². The van der Waals surface area contributed by atoms with Gasteiger partial charge in [-0.15, -0.1) is 11.3 Å². The maximum atomic E-state index is 13.4. The fourth-order valence-corrected chi connectivity index (χ4v) is 10.3. The quantitative estimate of drug-likeness (QED) is 0.0688. The lowest BCUT2D eigenvalue weighted by molar-refractivity contribution is -0.166. The zero-order chi connectivity index (χ0) is 36.5. The number of cyclic esters (lactones) is 1. The molecule has 0 radical (unpaired) electrons. The van der Waals surface area contributed by atoms with Gasteiger partial charge in [0.15, 0.2) is 0 Å². The number of fused-ring (bicyclic) bond motifs is 4. The van der Waals surface area contributed by atoms with Crippen molar-refractivity contribution < 1.29 is 38.4 Å². The molecule has 0 bridgehead atoms. The fourth-order valence-electron chi connectivity index (χ4n) is 7.37.